The summed E-state index contributed by atoms with van der Waals surface area (Å²) in [5.41, 5.74) is 0.300. The van der Waals surface area contributed by atoms with Crippen LogP contribution in [0.3, 0.4) is 0 Å². The van der Waals surface area contributed by atoms with Crippen molar-refractivity contribution in [3.8, 4) is 0 Å². The molecule has 94 valence electrons. The first-order valence-corrected chi connectivity index (χ1v) is 6.16. The van der Waals surface area contributed by atoms with Gasteiger partial charge in [-0.05, 0) is 12.1 Å². The lowest BCUT2D eigenvalue weighted by Gasteiger charge is -2.07. The zero-order valence-electron chi connectivity index (χ0n) is 8.60. The van der Waals surface area contributed by atoms with Crippen LogP contribution < -0.4 is 5.32 Å². The van der Waals surface area contributed by atoms with Gasteiger partial charge in [-0.3, -0.25) is 4.79 Å². The number of benzene rings is 1. The first kappa shape index (κ1) is 13.5. The number of para-hydroxylation sites is 1. The highest BCUT2D eigenvalue weighted by Crippen LogP contribution is 2.30. The number of hydrogen-bond donors (Lipinski definition) is 2. The highest BCUT2D eigenvalue weighted by Gasteiger charge is 2.16. The number of halogens is 4. The van der Waals surface area contributed by atoms with Gasteiger partial charge in [0.05, 0.1) is 15.7 Å². The van der Waals surface area contributed by atoms with E-state index in [9.17, 15) is 4.79 Å². The molecular weight excluding hydrogens is 320 g/mol. The first-order valence-electron chi connectivity index (χ1n) is 4.65. The summed E-state index contributed by atoms with van der Waals surface area (Å²) in [6.45, 7) is 0. The summed E-state index contributed by atoms with van der Waals surface area (Å²) in [6, 6.07) is 4.87. The molecule has 0 radical (unpaired) electrons. The number of carbonyl (C=O) groups excluding carboxylic acids is 1. The van der Waals surface area contributed by atoms with Crippen molar-refractivity contribution < 1.29 is 4.79 Å². The lowest BCUT2D eigenvalue weighted by atomic mass is 10.3. The largest absolute Gasteiger partial charge is 0.324 e. The Hall–Kier alpha value is -0.940. The molecule has 2 rings (SSSR count). The molecular formula is C10H5Cl4N3O. The molecule has 0 aliphatic carbocycles. The topological polar surface area (TPSA) is 57.8 Å². The van der Waals surface area contributed by atoms with Gasteiger partial charge in [0.2, 0.25) is 0 Å². The predicted octanol–water partition coefficient (Wildman–Crippen LogP) is 4.28. The number of H-pyrrole nitrogens is 1. The highest BCUT2D eigenvalue weighted by atomic mass is 35.5. The quantitative estimate of drug-likeness (QED) is 0.866. The minimum Gasteiger partial charge on any atom is -0.324 e. The number of aromatic nitrogens is 2. The first-order chi connectivity index (χ1) is 8.49. The van der Waals surface area contributed by atoms with Crippen molar-refractivity contribution in [2.75, 3.05) is 5.32 Å². The van der Waals surface area contributed by atoms with Crippen LogP contribution in [0.2, 0.25) is 20.4 Å². The average Bonchev–Trinajstić information content (AvgIpc) is 2.64. The van der Waals surface area contributed by atoms with Gasteiger partial charge in [-0.15, -0.1) is 0 Å². The molecule has 0 fully saturated rings. The molecule has 18 heavy (non-hydrogen) atoms. The van der Waals surface area contributed by atoms with Crippen molar-refractivity contribution in [2.24, 2.45) is 0 Å². The lowest BCUT2D eigenvalue weighted by Crippen LogP contribution is -2.14. The second kappa shape index (κ2) is 5.36. The van der Waals surface area contributed by atoms with Gasteiger partial charge in [-0.25, -0.2) is 4.98 Å². The molecule has 0 atom stereocenters. The Balaban J connectivity index is 2.27. The molecule has 0 bridgehead atoms. The van der Waals surface area contributed by atoms with E-state index in [1.54, 1.807) is 18.2 Å². The minimum atomic E-state index is -0.543. The van der Waals surface area contributed by atoms with E-state index in [-0.39, 0.29) is 16.1 Å². The molecule has 0 unspecified atom stereocenters. The van der Waals surface area contributed by atoms with E-state index in [0.29, 0.717) is 15.7 Å². The van der Waals surface area contributed by atoms with Crippen molar-refractivity contribution in [3.63, 3.8) is 0 Å². The standard InChI is InChI=1S/C10H5Cl4N3O/c11-4-2-1-3-5(12)6(4)15-10(18)9-16-7(13)8(14)17-9/h1-3H,(H,15,18)(H,16,17). The lowest BCUT2D eigenvalue weighted by molar-refractivity contribution is 0.101. The van der Waals surface area contributed by atoms with Gasteiger partial charge in [0, 0.05) is 0 Å². The molecule has 4 nitrogen and oxygen atoms in total. The van der Waals surface area contributed by atoms with E-state index >= 15 is 0 Å². The molecule has 0 saturated carbocycles. The van der Waals surface area contributed by atoms with Crippen LogP contribution in [-0.2, 0) is 0 Å². The van der Waals surface area contributed by atoms with Crippen LogP contribution >= 0.6 is 46.4 Å². The fourth-order valence-corrected chi connectivity index (χ4v) is 1.98. The molecule has 2 N–H and O–H groups in total. The third kappa shape index (κ3) is 2.72. The molecule has 1 aromatic carbocycles. The summed E-state index contributed by atoms with van der Waals surface area (Å²) in [7, 11) is 0. The number of anilines is 1. The zero-order valence-corrected chi connectivity index (χ0v) is 11.6. The van der Waals surface area contributed by atoms with E-state index in [0.717, 1.165) is 0 Å². The number of nitrogens with one attached hydrogen (secondary N) is 2. The number of imidazole rings is 1. The van der Waals surface area contributed by atoms with Crippen LogP contribution in [0.25, 0.3) is 0 Å². The number of nitrogens with zero attached hydrogens (tertiary/aromatic N) is 1. The maximum absolute atomic E-state index is 11.8. The van der Waals surface area contributed by atoms with Crippen LogP contribution in [0.15, 0.2) is 18.2 Å². The minimum absolute atomic E-state index is 0.0204. The number of rotatable bonds is 2. The molecule has 2 aromatic rings. The zero-order chi connectivity index (χ0) is 13.3. The smallest absolute Gasteiger partial charge is 0.291 e. The van der Waals surface area contributed by atoms with Gasteiger partial charge in [-0.1, -0.05) is 52.5 Å². The van der Waals surface area contributed by atoms with Gasteiger partial charge in [0.1, 0.15) is 5.15 Å². The van der Waals surface area contributed by atoms with Gasteiger partial charge in [0.15, 0.2) is 11.0 Å². The fourth-order valence-electron chi connectivity index (χ4n) is 1.23. The predicted molar refractivity (Wildman–Crippen MR) is 73.0 cm³/mol. The van der Waals surface area contributed by atoms with E-state index in [1.165, 1.54) is 0 Å². The Morgan fingerprint density at radius 3 is 2.28 bits per heavy atom. The molecule has 0 saturated heterocycles. The summed E-state index contributed by atoms with van der Waals surface area (Å²) in [6.07, 6.45) is 0. The maximum Gasteiger partial charge on any atom is 0.291 e. The van der Waals surface area contributed by atoms with Crippen LogP contribution in [0, 0.1) is 0 Å². The van der Waals surface area contributed by atoms with Gasteiger partial charge in [0.25, 0.3) is 5.91 Å². The molecule has 1 amide bonds. The van der Waals surface area contributed by atoms with Crippen LogP contribution in [-0.4, -0.2) is 15.9 Å². The van der Waals surface area contributed by atoms with Crippen molar-refractivity contribution in [3.05, 3.63) is 44.4 Å². The summed E-state index contributed by atoms with van der Waals surface area (Å²) in [5.74, 6) is -0.570. The highest BCUT2D eigenvalue weighted by molar-refractivity contribution is 6.41. The van der Waals surface area contributed by atoms with Crippen molar-refractivity contribution in [1.29, 1.82) is 0 Å². The number of hydrogen-bond acceptors (Lipinski definition) is 2. The summed E-state index contributed by atoms with van der Waals surface area (Å²) >= 11 is 23.1. The van der Waals surface area contributed by atoms with Crippen molar-refractivity contribution in [1.82, 2.24) is 9.97 Å². The van der Waals surface area contributed by atoms with Crippen molar-refractivity contribution >= 4 is 58.0 Å². The number of amides is 1. The molecule has 8 heteroatoms. The maximum atomic E-state index is 11.8. The SMILES string of the molecule is O=C(Nc1c(Cl)cccc1Cl)c1nc(Cl)c(Cl)[nH]1. The molecule has 0 aliphatic rings. The monoisotopic (exact) mass is 323 g/mol. The van der Waals surface area contributed by atoms with Crippen LogP contribution in [0.1, 0.15) is 10.6 Å². The second-order valence-electron chi connectivity index (χ2n) is 3.24. The summed E-state index contributed by atoms with van der Waals surface area (Å²) in [5, 5.41) is 3.27. The average molecular weight is 325 g/mol. The Bertz CT molecular complexity index is 571. The van der Waals surface area contributed by atoms with E-state index in [1.807, 2.05) is 0 Å². The molecule has 0 aliphatic heterocycles. The van der Waals surface area contributed by atoms with Gasteiger partial charge in [-0.2, -0.15) is 0 Å². The van der Waals surface area contributed by atoms with Crippen LogP contribution in [0.5, 0.6) is 0 Å². The Morgan fingerprint density at radius 2 is 1.78 bits per heavy atom. The fraction of sp³-hybridized carbons (Fsp3) is 0. The Morgan fingerprint density at radius 1 is 1.17 bits per heavy atom. The second-order valence-corrected chi connectivity index (χ2v) is 4.79. The van der Waals surface area contributed by atoms with E-state index in [2.05, 4.69) is 15.3 Å². The normalized spacial score (nSPS) is 10.4. The molecule has 0 spiro atoms. The molecule has 1 aromatic heterocycles. The third-order valence-corrected chi connectivity index (χ3v) is 3.31. The van der Waals surface area contributed by atoms with Gasteiger partial charge < -0.3 is 10.3 Å². The third-order valence-electron chi connectivity index (χ3n) is 2.04. The molecule has 1 heterocycles. The summed E-state index contributed by atoms with van der Waals surface area (Å²) < 4.78 is 0. The summed E-state index contributed by atoms with van der Waals surface area (Å²) in [4.78, 5) is 18.1. The van der Waals surface area contributed by atoms with E-state index < -0.39 is 5.91 Å². The number of aromatic amines is 1. The Labute approximate surface area is 122 Å². The number of carbonyl (C=O) groups is 1. The van der Waals surface area contributed by atoms with Crippen molar-refractivity contribution in [2.45, 2.75) is 0 Å². The van der Waals surface area contributed by atoms with Gasteiger partial charge >= 0.3 is 0 Å². The van der Waals surface area contributed by atoms with E-state index in [4.69, 9.17) is 46.4 Å². The Kier molecular flexibility index (Phi) is 4.02. The van der Waals surface area contributed by atoms with Crippen LogP contribution in [0.4, 0.5) is 5.69 Å².